The number of hydrogen-bond donors (Lipinski definition) is 1. The number of carbonyl (C=O) groups excluding carboxylic acids is 3. The first-order valence-electron chi connectivity index (χ1n) is 7.85. The Balaban J connectivity index is 2.20. The summed E-state index contributed by atoms with van der Waals surface area (Å²) in [6.45, 7) is 2.99. The molecule has 2 rings (SSSR count). The number of ether oxygens (including phenoxy) is 1. The average Bonchev–Trinajstić information content (AvgIpc) is 2.61. The largest absolute Gasteiger partial charge is 0.465 e. The van der Waals surface area contributed by atoms with Crippen molar-refractivity contribution in [3.63, 3.8) is 0 Å². The topological polar surface area (TPSA) is 75.7 Å². The zero-order valence-corrected chi connectivity index (χ0v) is 15.5. The Morgan fingerprint density at radius 1 is 1.15 bits per heavy atom. The highest BCUT2D eigenvalue weighted by atomic mass is 35.5. The van der Waals surface area contributed by atoms with Crippen LogP contribution in [0.5, 0.6) is 0 Å². The molecule has 0 heterocycles. The number of methoxy groups -OCH3 is 1. The summed E-state index contributed by atoms with van der Waals surface area (Å²) in [6, 6.07) is 11.6. The van der Waals surface area contributed by atoms with Crippen LogP contribution in [0, 0.1) is 6.92 Å². The van der Waals surface area contributed by atoms with E-state index in [0.717, 1.165) is 5.56 Å². The number of halogens is 1. The van der Waals surface area contributed by atoms with Crippen molar-refractivity contribution in [3.05, 3.63) is 58.6 Å². The van der Waals surface area contributed by atoms with Gasteiger partial charge in [-0.2, -0.15) is 0 Å². The van der Waals surface area contributed by atoms with Gasteiger partial charge < -0.3 is 15.0 Å². The molecule has 0 aliphatic rings. The van der Waals surface area contributed by atoms with E-state index in [2.05, 4.69) is 5.32 Å². The predicted octanol–water partition coefficient (Wildman–Crippen LogP) is 3.43. The van der Waals surface area contributed by atoms with Crippen molar-refractivity contribution in [2.75, 3.05) is 23.9 Å². The van der Waals surface area contributed by atoms with E-state index in [0.29, 0.717) is 16.4 Å². The van der Waals surface area contributed by atoms with Crippen molar-refractivity contribution in [1.82, 2.24) is 0 Å². The molecule has 0 bridgehead atoms. The number of carbonyl (C=O) groups is 3. The second kappa shape index (κ2) is 8.49. The monoisotopic (exact) mass is 374 g/mol. The third-order valence-corrected chi connectivity index (χ3v) is 4.16. The molecule has 2 aromatic carbocycles. The van der Waals surface area contributed by atoms with Crippen molar-refractivity contribution in [2.24, 2.45) is 0 Å². The third kappa shape index (κ3) is 4.61. The van der Waals surface area contributed by atoms with E-state index in [1.54, 1.807) is 42.5 Å². The van der Waals surface area contributed by atoms with Crippen molar-refractivity contribution in [2.45, 2.75) is 13.8 Å². The summed E-state index contributed by atoms with van der Waals surface area (Å²) in [4.78, 5) is 37.5. The van der Waals surface area contributed by atoms with Gasteiger partial charge >= 0.3 is 5.97 Å². The van der Waals surface area contributed by atoms with Crippen LogP contribution in [0.4, 0.5) is 11.4 Å². The van der Waals surface area contributed by atoms with Crippen LogP contribution >= 0.6 is 11.6 Å². The summed E-state index contributed by atoms with van der Waals surface area (Å²) in [5.41, 5.74) is 1.94. The van der Waals surface area contributed by atoms with Crippen LogP contribution in [-0.2, 0) is 14.3 Å². The lowest BCUT2D eigenvalue weighted by Gasteiger charge is -2.21. The quantitative estimate of drug-likeness (QED) is 0.813. The van der Waals surface area contributed by atoms with E-state index in [1.165, 1.54) is 18.9 Å². The predicted molar refractivity (Wildman–Crippen MR) is 101 cm³/mol. The van der Waals surface area contributed by atoms with Crippen LogP contribution in [0.3, 0.4) is 0 Å². The van der Waals surface area contributed by atoms with E-state index in [-0.39, 0.29) is 18.0 Å². The Morgan fingerprint density at radius 3 is 2.46 bits per heavy atom. The highest BCUT2D eigenvalue weighted by Crippen LogP contribution is 2.23. The lowest BCUT2D eigenvalue weighted by molar-refractivity contribution is -0.120. The lowest BCUT2D eigenvalue weighted by atomic mass is 10.1. The number of aryl methyl sites for hydroxylation is 1. The highest BCUT2D eigenvalue weighted by Gasteiger charge is 2.19. The molecule has 0 aromatic heterocycles. The van der Waals surface area contributed by atoms with Gasteiger partial charge in [0.15, 0.2) is 0 Å². The average molecular weight is 375 g/mol. The van der Waals surface area contributed by atoms with Gasteiger partial charge in [-0.3, -0.25) is 9.59 Å². The van der Waals surface area contributed by atoms with E-state index < -0.39 is 11.9 Å². The molecule has 0 radical (unpaired) electrons. The number of esters is 1. The zero-order valence-electron chi connectivity index (χ0n) is 14.7. The molecule has 0 saturated heterocycles. The normalized spacial score (nSPS) is 10.2. The lowest BCUT2D eigenvalue weighted by Crippen LogP contribution is -2.36. The Bertz CT molecular complexity index is 851. The van der Waals surface area contributed by atoms with Gasteiger partial charge in [-0.15, -0.1) is 0 Å². The van der Waals surface area contributed by atoms with Crippen molar-refractivity contribution in [3.8, 4) is 0 Å². The Morgan fingerprint density at radius 2 is 1.85 bits per heavy atom. The second-order valence-electron chi connectivity index (χ2n) is 5.62. The number of anilines is 2. The zero-order chi connectivity index (χ0) is 19.3. The maximum absolute atomic E-state index is 12.4. The van der Waals surface area contributed by atoms with Crippen LogP contribution in [0.1, 0.15) is 22.8 Å². The number of nitrogens with one attached hydrogen (secondary N) is 1. The molecule has 2 amide bonds. The first kappa shape index (κ1) is 19.5. The molecule has 136 valence electrons. The summed E-state index contributed by atoms with van der Waals surface area (Å²) >= 11 is 6.11. The number of benzene rings is 2. The molecule has 0 fully saturated rings. The highest BCUT2D eigenvalue weighted by molar-refractivity contribution is 6.31. The molecule has 6 nitrogen and oxygen atoms in total. The van der Waals surface area contributed by atoms with Gasteiger partial charge in [0.2, 0.25) is 11.8 Å². The number of hydrogen-bond acceptors (Lipinski definition) is 4. The first-order valence-corrected chi connectivity index (χ1v) is 8.22. The molecule has 1 N–H and O–H groups in total. The fraction of sp³-hybridized carbons (Fsp3) is 0.211. The SMILES string of the molecule is COC(=O)c1ccccc1NC(=O)CN(C(C)=O)c1ccc(C)c(Cl)c1. The van der Waals surface area contributed by atoms with Gasteiger partial charge in [-0.25, -0.2) is 4.79 Å². The smallest absolute Gasteiger partial charge is 0.339 e. The molecule has 0 aliphatic heterocycles. The van der Waals surface area contributed by atoms with E-state index in [4.69, 9.17) is 16.3 Å². The number of nitrogens with zero attached hydrogens (tertiary/aromatic N) is 1. The summed E-state index contributed by atoms with van der Waals surface area (Å²) in [6.07, 6.45) is 0. The van der Waals surface area contributed by atoms with E-state index in [9.17, 15) is 14.4 Å². The van der Waals surface area contributed by atoms with Crippen molar-refractivity contribution >= 4 is 40.8 Å². The molecule has 0 saturated carbocycles. The van der Waals surface area contributed by atoms with Crippen LogP contribution in [0.25, 0.3) is 0 Å². The molecular weight excluding hydrogens is 356 g/mol. The fourth-order valence-electron chi connectivity index (χ4n) is 2.35. The van der Waals surface area contributed by atoms with Gasteiger partial charge in [0.1, 0.15) is 6.54 Å². The summed E-state index contributed by atoms with van der Waals surface area (Å²) in [7, 11) is 1.26. The van der Waals surface area contributed by atoms with Gasteiger partial charge in [-0.1, -0.05) is 29.8 Å². The Hall–Kier alpha value is -2.86. The van der Waals surface area contributed by atoms with Gasteiger partial charge in [-0.05, 0) is 36.8 Å². The van der Waals surface area contributed by atoms with E-state index >= 15 is 0 Å². The van der Waals surface area contributed by atoms with Gasteiger partial charge in [0.05, 0.1) is 18.4 Å². The summed E-state index contributed by atoms with van der Waals surface area (Å²) in [5, 5.41) is 3.15. The van der Waals surface area contributed by atoms with Crippen LogP contribution < -0.4 is 10.2 Å². The molecule has 0 unspecified atom stereocenters. The van der Waals surface area contributed by atoms with Crippen molar-refractivity contribution in [1.29, 1.82) is 0 Å². The Kier molecular flexibility index (Phi) is 6.36. The fourth-order valence-corrected chi connectivity index (χ4v) is 2.52. The molecule has 2 aromatic rings. The molecule has 26 heavy (non-hydrogen) atoms. The van der Waals surface area contributed by atoms with Gasteiger partial charge in [0.25, 0.3) is 0 Å². The van der Waals surface area contributed by atoms with Crippen molar-refractivity contribution < 1.29 is 19.1 Å². The van der Waals surface area contributed by atoms with Crippen LogP contribution in [0.2, 0.25) is 5.02 Å². The first-order chi connectivity index (χ1) is 12.3. The third-order valence-electron chi connectivity index (χ3n) is 3.76. The Labute approximate surface area is 156 Å². The van der Waals surface area contributed by atoms with Crippen LogP contribution in [0.15, 0.2) is 42.5 Å². The number of amides is 2. The second-order valence-corrected chi connectivity index (χ2v) is 6.03. The maximum Gasteiger partial charge on any atom is 0.339 e. The van der Waals surface area contributed by atoms with E-state index in [1.807, 2.05) is 6.92 Å². The standard InChI is InChI=1S/C19H19ClN2O4/c1-12-8-9-14(10-16(12)20)22(13(2)23)11-18(24)21-17-7-5-4-6-15(17)19(25)26-3/h4-10H,11H2,1-3H3,(H,21,24). The molecule has 0 atom stereocenters. The minimum Gasteiger partial charge on any atom is -0.465 e. The molecule has 0 aliphatic carbocycles. The molecule has 7 heteroatoms. The number of rotatable bonds is 5. The van der Waals surface area contributed by atoms with Gasteiger partial charge in [0, 0.05) is 17.6 Å². The molecule has 0 spiro atoms. The minimum atomic E-state index is -0.561. The van der Waals surface area contributed by atoms with Crippen LogP contribution in [-0.4, -0.2) is 31.4 Å². The maximum atomic E-state index is 12.4. The summed E-state index contributed by atoms with van der Waals surface area (Å²) < 4.78 is 4.70. The molecular formula is C19H19ClN2O4. The minimum absolute atomic E-state index is 0.218. The summed E-state index contributed by atoms with van der Waals surface area (Å²) in [5.74, 6) is -1.32. The number of para-hydroxylation sites is 1.